The number of anilines is 1. The third kappa shape index (κ3) is 4.16. The van der Waals surface area contributed by atoms with Crippen LogP contribution in [0.2, 0.25) is 0 Å². The molecule has 8 heteroatoms. The van der Waals surface area contributed by atoms with Crippen LogP contribution in [0.1, 0.15) is 51.0 Å². The normalized spacial score (nSPS) is 18.4. The fourth-order valence-electron chi connectivity index (χ4n) is 3.91. The molecular weight excluding hydrogens is 416 g/mol. The third-order valence-electron chi connectivity index (χ3n) is 5.54. The van der Waals surface area contributed by atoms with E-state index in [1.807, 2.05) is 18.2 Å². The minimum Gasteiger partial charge on any atom is -0.356 e. The van der Waals surface area contributed by atoms with Crippen molar-refractivity contribution >= 4 is 51.7 Å². The molecule has 6 nitrogen and oxygen atoms in total. The summed E-state index contributed by atoms with van der Waals surface area (Å²) in [5.74, 6) is 0.559. The Morgan fingerprint density at radius 1 is 1.17 bits per heavy atom. The summed E-state index contributed by atoms with van der Waals surface area (Å²) in [6.45, 7) is 4.54. The van der Waals surface area contributed by atoms with Crippen LogP contribution in [0.25, 0.3) is 11.7 Å². The molecule has 4 rings (SSSR count). The Hall–Kier alpha value is -2.19. The van der Waals surface area contributed by atoms with Gasteiger partial charge in [0.25, 0.3) is 11.5 Å². The number of pyridine rings is 1. The van der Waals surface area contributed by atoms with Gasteiger partial charge in [-0.05, 0) is 37.5 Å². The van der Waals surface area contributed by atoms with Gasteiger partial charge in [0.15, 0.2) is 0 Å². The van der Waals surface area contributed by atoms with Gasteiger partial charge in [-0.1, -0.05) is 56.2 Å². The first kappa shape index (κ1) is 21.1. The van der Waals surface area contributed by atoms with E-state index in [9.17, 15) is 9.59 Å². The molecular formula is C22H26N4O2S2. The first-order chi connectivity index (χ1) is 14.6. The zero-order valence-corrected chi connectivity index (χ0v) is 18.8. The van der Waals surface area contributed by atoms with Crippen LogP contribution >= 0.6 is 24.0 Å². The highest BCUT2D eigenvalue weighted by Crippen LogP contribution is 2.34. The molecule has 30 heavy (non-hydrogen) atoms. The Morgan fingerprint density at radius 3 is 2.73 bits per heavy atom. The summed E-state index contributed by atoms with van der Waals surface area (Å²) in [5, 5.41) is 0. The molecule has 0 spiro atoms. The molecule has 0 saturated carbocycles. The lowest BCUT2D eigenvalue weighted by Crippen LogP contribution is -2.29. The second-order valence-corrected chi connectivity index (χ2v) is 9.35. The van der Waals surface area contributed by atoms with Gasteiger partial charge in [0.1, 0.15) is 15.8 Å². The zero-order valence-electron chi connectivity index (χ0n) is 17.2. The van der Waals surface area contributed by atoms with Crippen molar-refractivity contribution in [2.75, 3.05) is 24.5 Å². The summed E-state index contributed by atoms with van der Waals surface area (Å²) in [7, 11) is 0. The average Bonchev–Trinajstić information content (AvgIpc) is 3.37. The van der Waals surface area contributed by atoms with E-state index in [1.165, 1.54) is 16.2 Å². The Morgan fingerprint density at radius 2 is 1.97 bits per heavy atom. The molecule has 158 valence electrons. The number of nitrogens with zero attached hydrogens (tertiary/aromatic N) is 4. The Labute approximate surface area is 186 Å². The van der Waals surface area contributed by atoms with E-state index in [0.29, 0.717) is 32.8 Å². The van der Waals surface area contributed by atoms with Gasteiger partial charge in [-0.15, -0.1) is 0 Å². The number of carbonyl (C=O) groups excluding carboxylic acids is 1. The highest BCUT2D eigenvalue weighted by atomic mass is 32.2. The van der Waals surface area contributed by atoms with E-state index in [1.54, 1.807) is 17.2 Å². The number of amides is 1. The van der Waals surface area contributed by atoms with Crippen LogP contribution < -0.4 is 10.5 Å². The van der Waals surface area contributed by atoms with Gasteiger partial charge in [-0.2, -0.15) is 0 Å². The Balaban J connectivity index is 1.70. The lowest BCUT2D eigenvalue weighted by atomic mass is 10.2. The van der Waals surface area contributed by atoms with Crippen molar-refractivity contribution in [2.45, 2.75) is 45.4 Å². The maximum Gasteiger partial charge on any atom is 0.267 e. The number of carbonyl (C=O) groups is 1. The van der Waals surface area contributed by atoms with Crippen molar-refractivity contribution < 1.29 is 4.79 Å². The third-order valence-corrected chi connectivity index (χ3v) is 6.92. The summed E-state index contributed by atoms with van der Waals surface area (Å²) >= 11 is 6.74. The van der Waals surface area contributed by atoms with Crippen LogP contribution in [0.4, 0.5) is 5.82 Å². The Kier molecular flexibility index (Phi) is 6.53. The van der Waals surface area contributed by atoms with Gasteiger partial charge in [0, 0.05) is 25.8 Å². The van der Waals surface area contributed by atoms with Crippen molar-refractivity contribution in [1.82, 2.24) is 14.3 Å². The van der Waals surface area contributed by atoms with Crippen molar-refractivity contribution in [1.29, 1.82) is 0 Å². The second-order valence-electron chi connectivity index (χ2n) is 7.67. The van der Waals surface area contributed by atoms with Crippen molar-refractivity contribution in [2.24, 2.45) is 0 Å². The summed E-state index contributed by atoms with van der Waals surface area (Å²) in [6, 6.07) is 5.52. The minimum absolute atomic E-state index is 0.105. The van der Waals surface area contributed by atoms with E-state index >= 15 is 0 Å². The van der Waals surface area contributed by atoms with Crippen LogP contribution in [0.3, 0.4) is 0 Å². The molecule has 0 N–H and O–H groups in total. The van der Waals surface area contributed by atoms with Crippen LogP contribution in [0.15, 0.2) is 34.1 Å². The van der Waals surface area contributed by atoms with E-state index in [-0.39, 0.29) is 11.5 Å². The molecule has 2 fully saturated rings. The molecule has 0 radical (unpaired) electrons. The fraction of sp³-hybridized carbons (Fsp3) is 0.455. The molecule has 2 aromatic heterocycles. The van der Waals surface area contributed by atoms with Gasteiger partial charge in [0.05, 0.1) is 10.5 Å². The van der Waals surface area contributed by atoms with Gasteiger partial charge >= 0.3 is 0 Å². The van der Waals surface area contributed by atoms with Crippen molar-refractivity contribution in [3.8, 4) is 0 Å². The topological polar surface area (TPSA) is 57.9 Å². The lowest BCUT2D eigenvalue weighted by Gasteiger charge is -2.19. The molecule has 0 unspecified atom stereocenters. The van der Waals surface area contributed by atoms with Crippen molar-refractivity contribution in [3.63, 3.8) is 0 Å². The lowest BCUT2D eigenvalue weighted by molar-refractivity contribution is -0.122. The highest BCUT2D eigenvalue weighted by Gasteiger charge is 2.32. The molecule has 4 heterocycles. The van der Waals surface area contributed by atoms with Crippen LogP contribution in [0, 0.1) is 0 Å². The number of hydrogen-bond donors (Lipinski definition) is 0. The zero-order chi connectivity index (χ0) is 21.1. The number of hydrogen-bond acceptors (Lipinski definition) is 6. The number of thioether (sulfide) groups is 1. The first-order valence-electron chi connectivity index (χ1n) is 10.6. The summed E-state index contributed by atoms with van der Waals surface area (Å²) in [6.07, 6.45) is 9.90. The molecule has 2 aliphatic heterocycles. The van der Waals surface area contributed by atoms with Crippen LogP contribution in [0.5, 0.6) is 0 Å². The molecule has 1 amide bonds. The maximum absolute atomic E-state index is 13.3. The van der Waals surface area contributed by atoms with Gasteiger partial charge in [-0.25, -0.2) is 4.98 Å². The molecule has 0 aromatic carbocycles. The molecule has 0 aliphatic carbocycles. The second kappa shape index (κ2) is 9.31. The first-order valence-corrected chi connectivity index (χ1v) is 11.8. The fourth-order valence-corrected chi connectivity index (χ4v) is 5.20. The van der Waals surface area contributed by atoms with Crippen LogP contribution in [-0.2, 0) is 4.79 Å². The molecule has 2 saturated heterocycles. The number of thiocarbonyl (C=S) groups is 1. The van der Waals surface area contributed by atoms with Crippen molar-refractivity contribution in [3.05, 3.63) is 45.2 Å². The molecule has 2 aromatic rings. The standard InChI is InChI=1S/C22H26N4O2S2/c1-2-3-4-6-14-26-21(28)17(30-22(26)29)15-16-19(24-11-8-9-12-24)23-18-10-5-7-13-25(18)20(16)27/h5,7,10,13,15H,2-4,6,8-9,11-12,14H2,1H3. The number of fused-ring (bicyclic) bond motifs is 1. The minimum atomic E-state index is -0.157. The summed E-state index contributed by atoms with van der Waals surface area (Å²) in [4.78, 5) is 35.4. The highest BCUT2D eigenvalue weighted by molar-refractivity contribution is 8.26. The average molecular weight is 443 g/mol. The SMILES string of the molecule is CCCCCCN1C(=O)C(=Cc2c(N3CCCC3)nc3ccccn3c2=O)SC1=S. The molecule has 2 aliphatic rings. The summed E-state index contributed by atoms with van der Waals surface area (Å²) in [5.41, 5.74) is 0.924. The predicted molar refractivity (Wildman–Crippen MR) is 127 cm³/mol. The predicted octanol–water partition coefficient (Wildman–Crippen LogP) is 4.08. The van der Waals surface area contributed by atoms with Gasteiger partial charge in [0.2, 0.25) is 0 Å². The monoisotopic (exact) mass is 442 g/mol. The quantitative estimate of drug-likeness (QED) is 0.366. The van der Waals surface area contributed by atoms with Gasteiger partial charge in [-0.3, -0.25) is 18.9 Å². The van der Waals surface area contributed by atoms with E-state index in [0.717, 1.165) is 51.6 Å². The molecule has 0 atom stereocenters. The number of rotatable bonds is 7. The van der Waals surface area contributed by atoms with E-state index in [2.05, 4.69) is 11.8 Å². The maximum atomic E-state index is 13.3. The smallest absolute Gasteiger partial charge is 0.267 e. The summed E-state index contributed by atoms with van der Waals surface area (Å²) < 4.78 is 2.11. The van der Waals surface area contributed by atoms with Crippen LogP contribution in [-0.4, -0.2) is 44.1 Å². The number of aromatic nitrogens is 2. The number of unbranched alkanes of at least 4 members (excludes halogenated alkanes) is 3. The largest absolute Gasteiger partial charge is 0.356 e. The van der Waals surface area contributed by atoms with E-state index < -0.39 is 0 Å². The molecule has 0 bridgehead atoms. The van der Waals surface area contributed by atoms with E-state index in [4.69, 9.17) is 17.2 Å². The van der Waals surface area contributed by atoms with Gasteiger partial charge < -0.3 is 4.90 Å². The Bertz CT molecular complexity index is 1060.